The molecule has 3 N–H and O–H groups in total. The predicted octanol–water partition coefficient (Wildman–Crippen LogP) is 3.58. The largest absolute Gasteiger partial charge is 0.344 e. The van der Waals surface area contributed by atoms with Crippen molar-refractivity contribution in [3.8, 4) is 0 Å². The molecule has 0 saturated carbocycles. The quantitative estimate of drug-likeness (QED) is 0.683. The van der Waals surface area contributed by atoms with Crippen molar-refractivity contribution in [3.05, 3.63) is 34.3 Å². The van der Waals surface area contributed by atoms with E-state index in [1.54, 1.807) is 12.1 Å². The molecule has 58 valence electrons. The third kappa shape index (κ3) is 3.28. The first kappa shape index (κ1) is 12.7. The maximum absolute atomic E-state index is 5.58. The minimum absolute atomic E-state index is 0. The Balaban J connectivity index is 0. The molecule has 1 aromatic rings. The molecule has 0 aliphatic heterocycles. The summed E-state index contributed by atoms with van der Waals surface area (Å²) in [5, 5.41) is 1.21. The second kappa shape index (κ2) is 5.81. The average molecular weight is 200 g/mol. The van der Waals surface area contributed by atoms with Crippen LogP contribution >= 0.6 is 35.6 Å². The van der Waals surface area contributed by atoms with Gasteiger partial charge in [0.2, 0.25) is 0 Å². The van der Waals surface area contributed by atoms with Crippen LogP contribution in [-0.2, 0) is 0 Å². The highest BCUT2D eigenvalue weighted by atomic mass is 35.5. The Morgan fingerprint density at radius 1 is 0.900 bits per heavy atom. The van der Waals surface area contributed by atoms with E-state index in [0.717, 1.165) is 0 Å². The average Bonchev–Trinajstić information content (AvgIpc) is 1.77. The van der Waals surface area contributed by atoms with E-state index in [0.29, 0.717) is 10.0 Å². The van der Waals surface area contributed by atoms with Gasteiger partial charge in [-0.05, 0) is 12.1 Å². The van der Waals surface area contributed by atoms with Crippen LogP contribution in [0.1, 0.15) is 0 Å². The molecule has 4 heteroatoms. The maximum atomic E-state index is 5.58. The number of hydrogen-bond donors (Lipinski definition) is 1. The van der Waals surface area contributed by atoms with Crippen LogP contribution in [0.4, 0.5) is 0 Å². The van der Waals surface area contributed by atoms with E-state index in [9.17, 15) is 0 Å². The van der Waals surface area contributed by atoms with Crippen molar-refractivity contribution in [1.29, 1.82) is 0 Å². The van der Waals surface area contributed by atoms with Gasteiger partial charge in [0.15, 0.2) is 0 Å². The van der Waals surface area contributed by atoms with Crippen molar-refractivity contribution in [1.82, 2.24) is 6.15 Å². The number of benzene rings is 1. The van der Waals surface area contributed by atoms with Gasteiger partial charge in [0.05, 0.1) is 10.0 Å². The first-order valence-electron chi connectivity index (χ1n) is 2.21. The lowest BCUT2D eigenvalue weighted by Gasteiger charge is -1.88. The smallest absolute Gasteiger partial charge is 0.0592 e. The summed E-state index contributed by atoms with van der Waals surface area (Å²) in [7, 11) is 0. The van der Waals surface area contributed by atoms with E-state index in [1.165, 1.54) is 0 Å². The highest BCUT2D eigenvalue weighted by molar-refractivity contribution is 6.41. The normalized spacial score (nSPS) is 7.40. The highest BCUT2D eigenvalue weighted by Gasteiger charge is 1.89. The standard InChI is InChI=1S/C6H4Cl2.ClH.H3N/c7-5-3-1-2-4-6(5)8;;/h1-4H;1H;1H3. The Hall–Kier alpha value is 0.0500. The summed E-state index contributed by atoms with van der Waals surface area (Å²) in [4.78, 5) is 0. The van der Waals surface area contributed by atoms with Crippen LogP contribution in [0.5, 0.6) is 0 Å². The third-order valence-corrected chi connectivity index (χ3v) is 1.58. The Labute approximate surface area is 76.3 Å². The second-order valence-electron chi connectivity index (χ2n) is 1.41. The molecule has 1 aromatic carbocycles. The molecule has 0 atom stereocenters. The summed E-state index contributed by atoms with van der Waals surface area (Å²) < 4.78 is 0. The summed E-state index contributed by atoms with van der Waals surface area (Å²) in [6, 6.07) is 7.19. The zero-order valence-electron chi connectivity index (χ0n) is 5.18. The molecule has 0 bridgehead atoms. The highest BCUT2D eigenvalue weighted by Crippen LogP contribution is 2.19. The lowest BCUT2D eigenvalue weighted by Crippen LogP contribution is -1.62. The topological polar surface area (TPSA) is 35.0 Å². The molecular formula is C6H8Cl3N. The van der Waals surface area contributed by atoms with Crippen molar-refractivity contribution in [2.24, 2.45) is 0 Å². The van der Waals surface area contributed by atoms with Crippen LogP contribution in [0, 0.1) is 0 Å². The maximum Gasteiger partial charge on any atom is 0.0592 e. The van der Waals surface area contributed by atoms with E-state index >= 15 is 0 Å². The lowest BCUT2D eigenvalue weighted by molar-refractivity contribution is 1.71. The molecule has 0 aromatic heterocycles. The number of rotatable bonds is 0. The molecule has 1 rings (SSSR count). The predicted molar refractivity (Wildman–Crippen MR) is 48.7 cm³/mol. The number of hydrogen-bond acceptors (Lipinski definition) is 1. The molecule has 0 radical (unpaired) electrons. The zero-order chi connectivity index (χ0) is 5.98. The molecule has 0 unspecified atom stereocenters. The summed E-state index contributed by atoms with van der Waals surface area (Å²) in [5.41, 5.74) is 0. The molecule has 0 saturated heterocycles. The van der Waals surface area contributed by atoms with Gasteiger partial charge < -0.3 is 6.15 Å². The van der Waals surface area contributed by atoms with E-state index in [2.05, 4.69) is 0 Å². The molecule has 0 spiro atoms. The van der Waals surface area contributed by atoms with Crippen molar-refractivity contribution in [3.63, 3.8) is 0 Å². The first-order valence-corrected chi connectivity index (χ1v) is 2.96. The monoisotopic (exact) mass is 199 g/mol. The SMILES string of the molecule is Cl.Clc1ccccc1Cl.N. The van der Waals surface area contributed by atoms with Gasteiger partial charge in [-0.15, -0.1) is 12.4 Å². The molecule has 0 fully saturated rings. The van der Waals surface area contributed by atoms with Gasteiger partial charge in [-0.1, -0.05) is 35.3 Å². The Kier molecular flexibility index (Phi) is 7.38. The van der Waals surface area contributed by atoms with Gasteiger partial charge in [0, 0.05) is 0 Å². The fourth-order valence-corrected chi connectivity index (χ4v) is 0.711. The summed E-state index contributed by atoms with van der Waals surface area (Å²) in [6.07, 6.45) is 0. The third-order valence-electron chi connectivity index (χ3n) is 0.824. The van der Waals surface area contributed by atoms with Crippen molar-refractivity contribution < 1.29 is 0 Å². The van der Waals surface area contributed by atoms with E-state index in [-0.39, 0.29) is 18.6 Å². The molecule has 10 heavy (non-hydrogen) atoms. The van der Waals surface area contributed by atoms with Gasteiger partial charge >= 0.3 is 0 Å². The van der Waals surface area contributed by atoms with Crippen molar-refractivity contribution in [2.45, 2.75) is 0 Å². The van der Waals surface area contributed by atoms with Gasteiger partial charge in [-0.25, -0.2) is 0 Å². The van der Waals surface area contributed by atoms with Crippen LogP contribution in [0.2, 0.25) is 10.0 Å². The number of halogens is 3. The van der Waals surface area contributed by atoms with Crippen LogP contribution in [0.15, 0.2) is 24.3 Å². The minimum Gasteiger partial charge on any atom is -0.344 e. The fraction of sp³-hybridized carbons (Fsp3) is 0. The van der Waals surface area contributed by atoms with Crippen LogP contribution < -0.4 is 6.15 Å². The van der Waals surface area contributed by atoms with Crippen LogP contribution in [-0.4, -0.2) is 0 Å². The molecule has 1 nitrogen and oxygen atoms in total. The molecule has 0 aliphatic carbocycles. The Morgan fingerprint density at radius 3 is 1.40 bits per heavy atom. The zero-order valence-corrected chi connectivity index (χ0v) is 7.51. The fourth-order valence-electron chi connectivity index (χ4n) is 0.439. The summed E-state index contributed by atoms with van der Waals surface area (Å²) in [6.45, 7) is 0. The Morgan fingerprint density at radius 2 is 1.20 bits per heavy atom. The molecule has 0 aliphatic rings. The van der Waals surface area contributed by atoms with Gasteiger partial charge in [0.1, 0.15) is 0 Å². The van der Waals surface area contributed by atoms with E-state index in [1.807, 2.05) is 12.1 Å². The van der Waals surface area contributed by atoms with Crippen molar-refractivity contribution in [2.75, 3.05) is 0 Å². The van der Waals surface area contributed by atoms with Crippen LogP contribution in [0.3, 0.4) is 0 Å². The van der Waals surface area contributed by atoms with E-state index < -0.39 is 0 Å². The van der Waals surface area contributed by atoms with Gasteiger partial charge in [-0.3, -0.25) is 0 Å². The van der Waals surface area contributed by atoms with Crippen molar-refractivity contribution >= 4 is 35.6 Å². The van der Waals surface area contributed by atoms with Gasteiger partial charge in [-0.2, -0.15) is 0 Å². The summed E-state index contributed by atoms with van der Waals surface area (Å²) >= 11 is 11.2. The second-order valence-corrected chi connectivity index (χ2v) is 2.23. The molecule has 0 amide bonds. The molecule has 0 heterocycles. The summed E-state index contributed by atoms with van der Waals surface area (Å²) in [5.74, 6) is 0. The van der Waals surface area contributed by atoms with E-state index in [4.69, 9.17) is 23.2 Å². The minimum atomic E-state index is 0. The lowest BCUT2D eigenvalue weighted by atomic mass is 10.4. The Bertz CT molecular complexity index is 169. The molecular weight excluding hydrogens is 192 g/mol. The first-order chi connectivity index (χ1) is 3.80. The van der Waals surface area contributed by atoms with Gasteiger partial charge in [0.25, 0.3) is 0 Å². The van der Waals surface area contributed by atoms with Crippen LogP contribution in [0.25, 0.3) is 0 Å².